The van der Waals surface area contributed by atoms with Crippen LogP contribution in [0.1, 0.15) is 13.8 Å². The van der Waals surface area contributed by atoms with Crippen LogP contribution in [0.4, 0.5) is 17.2 Å². The summed E-state index contributed by atoms with van der Waals surface area (Å²) in [6.45, 7) is 5.27. The topological polar surface area (TPSA) is 63.3 Å². The Morgan fingerprint density at radius 2 is 2.00 bits per heavy atom. The summed E-state index contributed by atoms with van der Waals surface area (Å²) in [6, 6.07) is 8.21. The highest BCUT2D eigenvalue weighted by atomic mass is 15.3. The van der Waals surface area contributed by atoms with Crippen LogP contribution in [0.5, 0.6) is 0 Å². The molecule has 0 unspecified atom stereocenters. The zero-order valence-corrected chi connectivity index (χ0v) is 16.7. The van der Waals surface area contributed by atoms with Crippen molar-refractivity contribution in [1.29, 1.82) is 0 Å². The molecule has 4 rings (SSSR count). The average Bonchev–Trinajstić information content (AvgIpc) is 3.28. The van der Waals surface area contributed by atoms with E-state index in [1.54, 1.807) is 6.20 Å². The molecule has 4 aromatic rings. The van der Waals surface area contributed by atoms with Crippen molar-refractivity contribution in [2.75, 3.05) is 24.3 Å². The first-order chi connectivity index (χ1) is 13.5. The Morgan fingerprint density at radius 3 is 2.79 bits per heavy atom. The molecule has 3 aromatic heterocycles. The smallest absolute Gasteiger partial charge is 0.180 e. The minimum absolute atomic E-state index is 0.549. The highest BCUT2D eigenvalue weighted by Crippen LogP contribution is 2.26. The van der Waals surface area contributed by atoms with Gasteiger partial charge in [0, 0.05) is 56.2 Å². The van der Waals surface area contributed by atoms with Crippen molar-refractivity contribution >= 4 is 22.8 Å². The molecule has 3 heterocycles. The second-order valence-electron chi connectivity index (χ2n) is 7.53. The molecule has 0 atom stereocenters. The molecule has 1 aromatic carbocycles. The lowest BCUT2D eigenvalue weighted by molar-refractivity contribution is 0.483. The molecule has 0 radical (unpaired) electrons. The van der Waals surface area contributed by atoms with Crippen LogP contribution >= 0.6 is 0 Å². The maximum absolute atomic E-state index is 4.61. The molecule has 0 amide bonds. The molecular weight excluding hydrogens is 350 g/mol. The Morgan fingerprint density at radius 1 is 1.14 bits per heavy atom. The third kappa shape index (κ3) is 3.55. The standard InChI is InChI=1S/C21H25N7/c1-15(2)13-27-14-16(11-24-27)19-12-23-21-20(22-8-9-28(19)21)25-17-6-5-7-18(10-17)26(3)4/h5-12,14-15H,13H2,1-4H3,(H,22,25). The number of fused-ring (bicyclic) bond motifs is 1. The number of rotatable bonds is 6. The Balaban J connectivity index is 1.67. The van der Waals surface area contributed by atoms with Gasteiger partial charge < -0.3 is 10.2 Å². The summed E-state index contributed by atoms with van der Waals surface area (Å²) in [5.41, 5.74) is 4.92. The molecular formula is C21H25N7. The predicted octanol–water partition coefficient (Wildman–Crippen LogP) is 4.06. The van der Waals surface area contributed by atoms with E-state index >= 15 is 0 Å². The van der Waals surface area contributed by atoms with Crippen LogP contribution in [-0.4, -0.2) is 38.2 Å². The van der Waals surface area contributed by atoms with E-state index < -0.39 is 0 Å². The normalized spacial score (nSPS) is 11.3. The number of nitrogens with zero attached hydrogens (tertiary/aromatic N) is 6. The van der Waals surface area contributed by atoms with E-state index in [0.717, 1.165) is 40.6 Å². The largest absolute Gasteiger partial charge is 0.378 e. The summed E-state index contributed by atoms with van der Waals surface area (Å²) in [4.78, 5) is 11.2. The number of aromatic nitrogens is 5. The second-order valence-corrected chi connectivity index (χ2v) is 7.53. The molecule has 1 N–H and O–H groups in total. The maximum atomic E-state index is 4.61. The Bertz CT molecular complexity index is 1090. The summed E-state index contributed by atoms with van der Waals surface area (Å²) in [5.74, 6) is 1.27. The number of nitrogens with one attached hydrogen (secondary N) is 1. The van der Waals surface area contributed by atoms with Crippen LogP contribution in [0.15, 0.2) is 55.2 Å². The number of hydrogen-bond donors (Lipinski definition) is 1. The van der Waals surface area contributed by atoms with Gasteiger partial charge in [0.05, 0.1) is 18.1 Å². The van der Waals surface area contributed by atoms with Crippen molar-refractivity contribution in [3.05, 3.63) is 55.2 Å². The van der Waals surface area contributed by atoms with Gasteiger partial charge in [-0.25, -0.2) is 9.97 Å². The van der Waals surface area contributed by atoms with Crippen LogP contribution < -0.4 is 10.2 Å². The number of anilines is 3. The lowest BCUT2D eigenvalue weighted by Gasteiger charge is -2.14. The molecule has 7 heteroatoms. The Labute approximate surface area is 164 Å². The fourth-order valence-corrected chi connectivity index (χ4v) is 3.19. The Kier molecular flexibility index (Phi) is 4.73. The van der Waals surface area contributed by atoms with Gasteiger partial charge in [-0.2, -0.15) is 5.10 Å². The van der Waals surface area contributed by atoms with E-state index in [0.29, 0.717) is 5.92 Å². The number of benzene rings is 1. The molecule has 0 aliphatic rings. The van der Waals surface area contributed by atoms with Crippen molar-refractivity contribution in [3.63, 3.8) is 0 Å². The van der Waals surface area contributed by atoms with Gasteiger partial charge in [0.15, 0.2) is 11.5 Å². The van der Waals surface area contributed by atoms with Crippen LogP contribution in [0.3, 0.4) is 0 Å². The molecule has 0 fully saturated rings. The van der Waals surface area contributed by atoms with Crippen molar-refractivity contribution in [1.82, 2.24) is 24.1 Å². The lowest BCUT2D eigenvalue weighted by atomic mass is 10.2. The summed E-state index contributed by atoms with van der Waals surface area (Å²) < 4.78 is 4.02. The summed E-state index contributed by atoms with van der Waals surface area (Å²) in [6.07, 6.45) is 9.54. The molecule has 144 valence electrons. The van der Waals surface area contributed by atoms with Crippen LogP contribution in [-0.2, 0) is 6.54 Å². The molecule has 0 bridgehead atoms. The van der Waals surface area contributed by atoms with Gasteiger partial charge in [-0.3, -0.25) is 9.08 Å². The number of imidazole rings is 1. The van der Waals surface area contributed by atoms with Crippen LogP contribution in [0.25, 0.3) is 16.9 Å². The quantitative estimate of drug-likeness (QED) is 0.551. The first kappa shape index (κ1) is 18.0. The summed E-state index contributed by atoms with van der Waals surface area (Å²) in [5, 5.41) is 7.87. The third-order valence-electron chi connectivity index (χ3n) is 4.53. The van der Waals surface area contributed by atoms with Crippen molar-refractivity contribution < 1.29 is 0 Å². The average molecular weight is 375 g/mol. The van der Waals surface area contributed by atoms with E-state index in [-0.39, 0.29) is 0 Å². The van der Waals surface area contributed by atoms with Crippen molar-refractivity contribution in [2.24, 2.45) is 5.92 Å². The minimum atomic E-state index is 0.549. The lowest BCUT2D eigenvalue weighted by Crippen LogP contribution is -2.08. The summed E-state index contributed by atoms with van der Waals surface area (Å²) in [7, 11) is 4.05. The van der Waals surface area contributed by atoms with E-state index in [4.69, 9.17) is 0 Å². The highest BCUT2D eigenvalue weighted by molar-refractivity contribution is 5.75. The molecule has 7 nitrogen and oxygen atoms in total. The van der Waals surface area contributed by atoms with Gasteiger partial charge >= 0.3 is 0 Å². The van der Waals surface area contributed by atoms with E-state index in [9.17, 15) is 0 Å². The van der Waals surface area contributed by atoms with Gasteiger partial charge in [0.25, 0.3) is 0 Å². The first-order valence-electron chi connectivity index (χ1n) is 9.40. The van der Waals surface area contributed by atoms with Crippen molar-refractivity contribution in [2.45, 2.75) is 20.4 Å². The van der Waals surface area contributed by atoms with Crippen molar-refractivity contribution in [3.8, 4) is 11.3 Å². The third-order valence-corrected chi connectivity index (χ3v) is 4.53. The molecule has 28 heavy (non-hydrogen) atoms. The van der Waals surface area contributed by atoms with Gasteiger partial charge in [0.2, 0.25) is 0 Å². The zero-order chi connectivity index (χ0) is 19.7. The first-order valence-corrected chi connectivity index (χ1v) is 9.40. The molecule has 0 spiro atoms. The van der Waals surface area contributed by atoms with Gasteiger partial charge in [-0.15, -0.1) is 0 Å². The van der Waals surface area contributed by atoms with E-state index in [1.165, 1.54) is 0 Å². The SMILES string of the molecule is CC(C)Cn1cc(-c2cnc3c(Nc4cccc(N(C)C)c4)nccn23)cn1. The summed E-state index contributed by atoms with van der Waals surface area (Å²) >= 11 is 0. The predicted molar refractivity (Wildman–Crippen MR) is 113 cm³/mol. The molecule has 0 saturated heterocycles. The van der Waals surface area contributed by atoms with E-state index in [2.05, 4.69) is 57.5 Å². The highest BCUT2D eigenvalue weighted by Gasteiger charge is 2.12. The zero-order valence-electron chi connectivity index (χ0n) is 16.7. The van der Waals surface area contributed by atoms with Gasteiger partial charge in [-0.05, 0) is 24.1 Å². The van der Waals surface area contributed by atoms with E-state index in [1.807, 2.05) is 53.9 Å². The number of hydrogen-bond acceptors (Lipinski definition) is 5. The fourth-order valence-electron chi connectivity index (χ4n) is 3.19. The van der Waals surface area contributed by atoms with Crippen LogP contribution in [0.2, 0.25) is 0 Å². The minimum Gasteiger partial charge on any atom is -0.378 e. The van der Waals surface area contributed by atoms with Gasteiger partial charge in [-0.1, -0.05) is 19.9 Å². The molecule has 0 saturated carbocycles. The fraction of sp³-hybridized carbons (Fsp3) is 0.286. The molecule has 0 aliphatic heterocycles. The molecule has 0 aliphatic carbocycles. The monoisotopic (exact) mass is 375 g/mol. The van der Waals surface area contributed by atoms with Gasteiger partial charge in [0.1, 0.15) is 0 Å². The second kappa shape index (κ2) is 7.34. The van der Waals surface area contributed by atoms with Crippen LogP contribution in [0, 0.1) is 5.92 Å². The Hall–Kier alpha value is -3.35. The maximum Gasteiger partial charge on any atom is 0.180 e.